The number of fused-ring (bicyclic) bond motifs is 1. The van der Waals surface area contributed by atoms with E-state index in [1.807, 2.05) is 54.2 Å². The van der Waals surface area contributed by atoms with E-state index in [1.54, 1.807) is 31.3 Å². The van der Waals surface area contributed by atoms with Gasteiger partial charge in [-0.1, -0.05) is 29.8 Å². The van der Waals surface area contributed by atoms with Gasteiger partial charge in [-0.2, -0.15) is 5.26 Å². The number of ether oxygens (including phenoxy) is 1. The molecule has 32 heavy (non-hydrogen) atoms. The summed E-state index contributed by atoms with van der Waals surface area (Å²) in [5.74, 6) is 0.608. The molecule has 1 amide bonds. The highest BCUT2D eigenvalue weighted by Gasteiger charge is 2.31. The topological polar surface area (TPSA) is 76.9 Å². The smallest absolute Gasteiger partial charge is 0.222 e. The van der Waals surface area contributed by atoms with Gasteiger partial charge in [0.15, 0.2) is 5.78 Å². The van der Waals surface area contributed by atoms with Crippen molar-refractivity contribution in [2.45, 2.75) is 12.8 Å². The molecule has 1 aliphatic rings. The van der Waals surface area contributed by atoms with Crippen molar-refractivity contribution < 1.29 is 14.3 Å². The summed E-state index contributed by atoms with van der Waals surface area (Å²) in [6.07, 6.45) is -0.0198. The van der Waals surface area contributed by atoms with Gasteiger partial charge in [-0.25, -0.2) is 0 Å². The minimum Gasteiger partial charge on any atom is -0.492 e. The SMILES string of the molecule is CN(CCOc1cccc(Cl)c1)C(=O)CCC(=O)C(C#N)=C1N(C)c2ccccc2N1C. The largest absolute Gasteiger partial charge is 0.492 e. The van der Waals surface area contributed by atoms with Gasteiger partial charge in [-0.3, -0.25) is 9.59 Å². The van der Waals surface area contributed by atoms with E-state index in [4.69, 9.17) is 16.3 Å². The van der Waals surface area contributed by atoms with Crippen molar-refractivity contribution in [3.05, 3.63) is 64.9 Å². The Balaban J connectivity index is 1.56. The molecule has 0 saturated heterocycles. The molecule has 0 aromatic heterocycles. The van der Waals surface area contributed by atoms with E-state index in [2.05, 4.69) is 0 Å². The van der Waals surface area contributed by atoms with Gasteiger partial charge in [0, 0.05) is 39.0 Å². The Morgan fingerprint density at radius 2 is 1.72 bits per heavy atom. The lowest BCUT2D eigenvalue weighted by molar-refractivity contribution is -0.131. The second kappa shape index (κ2) is 10.2. The minimum absolute atomic E-state index is 0.0192. The number of rotatable bonds is 8. The number of ketones is 1. The summed E-state index contributed by atoms with van der Waals surface area (Å²) >= 11 is 5.93. The molecule has 1 aliphatic heterocycles. The number of carbonyl (C=O) groups is 2. The second-order valence-electron chi connectivity index (χ2n) is 7.46. The normalized spacial score (nSPS) is 12.3. The van der Waals surface area contributed by atoms with Crippen LogP contribution in [-0.4, -0.2) is 50.9 Å². The second-order valence-corrected chi connectivity index (χ2v) is 7.90. The molecule has 0 fully saturated rings. The Morgan fingerprint density at radius 1 is 1.06 bits per heavy atom. The third-order valence-corrected chi connectivity index (χ3v) is 5.57. The molecule has 2 aromatic rings. The number of nitrogens with zero attached hydrogens (tertiary/aromatic N) is 4. The standard InChI is InChI=1S/C24H25ClN4O3/c1-27(13-14-32-18-8-6-7-17(25)15-18)23(31)12-11-22(30)19(16-26)24-28(2)20-9-4-5-10-21(20)29(24)3/h4-10,15H,11-14H2,1-3H3. The van der Waals surface area contributed by atoms with Crippen LogP contribution in [0.3, 0.4) is 0 Å². The van der Waals surface area contributed by atoms with Gasteiger partial charge in [-0.15, -0.1) is 0 Å². The highest BCUT2D eigenvalue weighted by molar-refractivity contribution is 6.30. The number of hydrogen-bond donors (Lipinski definition) is 0. The Bertz CT molecular complexity index is 1060. The number of para-hydroxylation sites is 2. The molecule has 2 aromatic carbocycles. The molecule has 7 nitrogen and oxygen atoms in total. The summed E-state index contributed by atoms with van der Waals surface area (Å²) in [6.45, 7) is 0.671. The maximum absolute atomic E-state index is 12.8. The van der Waals surface area contributed by atoms with Crippen LogP contribution in [0.4, 0.5) is 11.4 Å². The summed E-state index contributed by atoms with van der Waals surface area (Å²) in [5, 5.41) is 10.3. The van der Waals surface area contributed by atoms with E-state index in [1.165, 1.54) is 4.90 Å². The number of hydrogen-bond acceptors (Lipinski definition) is 6. The molecule has 0 unspecified atom stereocenters. The number of allylic oxidation sites excluding steroid dienone is 1. The number of anilines is 2. The number of amides is 1. The zero-order valence-corrected chi connectivity index (χ0v) is 19.1. The van der Waals surface area contributed by atoms with Crippen molar-refractivity contribution in [2.75, 3.05) is 44.1 Å². The van der Waals surface area contributed by atoms with Crippen LogP contribution in [0.1, 0.15) is 12.8 Å². The van der Waals surface area contributed by atoms with Crippen molar-refractivity contribution >= 4 is 34.7 Å². The summed E-state index contributed by atoms with van der Waals surface area (Å²) in [5.41, 5.74) is 1.88. The van der Waals surface area contributed by atoms with Crippen LogP contribution >= 0.6 is 11.6 Å². The van der Waals surface area contributed by atoms with Gasteiger partial charge in [-0.05, 0) is 30.3 Å². The fourth-order valence-corrected chi connectivity index (χ4v) is 3.76. The molecule has 3 rings (SSSR count). The fourth-order valence-electron chi connectivity index (χ4n) is 3.58. The van der Waals surface area contributed by atoms with Gasteiger partial charge in [0.25, 0.3) is 0 Å². The zero-order chi connectivity index (χ0) is 23.3. The van der Waals surface area contributed by atoms with Gasteiger partial charge in [0.2, 0.25) is 5.91 Å². The number of nitriles is 1. The number of carbonyl (C=O) groups excluding carboxylic acids is 2. The monoisotopic (exact) mass is 452 g/mol. The molecule has 0 saturated carbocycles. The molecule has 8 heteroatoms. The number of likely N-dealkylation sites (N-methyl/N-ethyl adjacent to an activating group) is 1. The summed E-state index contributed by atoms with van der Waals surface area (Å²) in [6, 6.07) is 16.8. The Kier molecular flexibility index (Phi) is 7.39. The lowest BCUT2D eigenvalue weighted by atomic mass is 10.1. The first kappa shape index (κ1) is 23.2. The molecule has 166 valence electrons. The fraction of sp³-hybridized carbons (Fsp3) is 0.292. The molecule has 0 N–H and O–H groups in total. The van der Waals surface area contributed by atoms with Crippen molar-refractivity contribution in [3.8, 4) is 11.8 Å². The molecule has 0 bridgehead atoms. The predicted octanol–water partition coefficient (Wildman–Crippen LogP) is 3.85. The zero-order valence-electron chi connectivity index (χ0n) is 18.3. The highest BCUT2D eigenvalue weighted by Crippen LogP contribution is 2.40. The first-order valence-electron chi connectivity index (χ1n) is 10.2. The van der Waals surface area contributed by atoms with E-state index < -0.39 is 0 Å². The summed E-state index contributed by atoms with van der Waals surface area (Å²) < 4.78 is 5.60. The number of benzene rings is 2. The molecule has 0 radical (unpaired) electrons. The van der Waals surface area contributed by atoms with Crippen LogP contribution in [0.15, 0.2) is 59.9 Å². The quantitative estimate of drug-likeness (QED) is 0.447. The average Bonchev–Trinajstić information content (AvgIpc) is 3.03. The average molecular weight is 453 g/mol. The van der Waals surface area contributed by atoms with E-state index in [0.717, 1.165) is 11.4 Å². The van der Waals surface area contributed by atoms with Crippen LogP contribution in [0.5, 0.6) is 5.75 Å². The third kappa shape index (κ3) is 5.04. The lowest BCUT2D eigenvalue weighted by Crippen LogP contribution is -2.31. The number of halogens is 1. The van der Waals surface area contributed by atoms with Crippen molar-refractivity contribution in [1.82, 2.24) is 4.90 Å². The van der Waals surface area contributed by atoms with Gasteiger partial charge >= 0.3 is 0 Å². The number of Topliss-reactive ketones (excluding diaryl/α,β-unsaturated/α-hetero) is 1. The summed E-state index contributed by atoms with van der Waals surface area (Å²) in [4.78, 5) is 30.4. The van der Waals surface area contributed by atoms with Crippen molar-refractivity contribution in [1.29, 1.82) is 5.26 Å². The van der Waals surface area contributed by atoms with E-state index in [-0.39, 0.29) is 30.1 Å². The Morgan fingerprint density at radius 3 is 2.31 bits per heavy atom. The molecule has 1 heterocycles. The van der Waals surface area contributed by atoms with Crippen molar-refractivity contribution in [3.63, 3.8) is 0 Å². The molecule has 0 atom stereocenters. The maximum Gasteiger partial charge on any atom is 0.222 e. The molecular formula is C24H25ClN4O3. The van der Waals surface area contributed by atoms with E-state index >= 15 is 0 Å². The van der Waals surface area contributed by atoms with Crippen LogP contribution in [0.2, 0.25) is 5.02 Å². The third-order valence-electron chi connectivity index (χ3n) is 5.34. The molecular weight excluding hydrogens is 428 g/mol. The highest BCUT2D eigenvalue weighted by atomic mass is 35.5. The Hall–Kier alpha value is -3.50. The van der Waals surface area contributed by atoms with E-state index in [0.29, 0.717) is 29.7 Å². The Labute approximate surface area is 193 Å². The van der Waals surface area contributed by atoms with Crippen LogP contribution < -0.4 is 14.5 Å². The van der Waals surface area contributed by atoms with Gasteiger partial charge in [0.05, 0.1) is 17.9 Å². The maximum atomic E-state index is 12.8. The van der Waals surface area contributed by atoms with Gasteiger partial charge < -0.3 is 19.4 Å². The van der Waals surface area contributed by atoms with Gasteiger partial charge in [0.1, 0.15) is 29.8 Å². The summed E-state index contributed by atoms with van der Waals surface area (Å²) in [7, 11) is 5.30. The van der Waals surface area contributed by atoms with E-state index in [9.17, 15) is 14.9 Å². The first-order chi connectivity index (χ1) is 15.3. The molecule has 0 aliphatic carbocycles. The van der Waals surface area contributed by atoms with Crippen molar-refractivity contribution in [2.24, 2.45) is 0 Å². The lowest BCUT2D eigenvalue weighted by Gasteiger charge is -2.20. The van der Waals surface area contributed by atoms with Crippen LogP contribution in [-0.2, 0) is 9.59 Å². The van der Waals surface area contributed by atoms with Crippen LogP contribution in [0.25, 0.3) is 0 Å². The minimum atomic E-state index is -0.356. The predicted molar refractivity (Wildman–Crippen MR) is 125 cm³/mol. The molecule has 0 spiro atoms. The van der Waals surface area contributed by atoms with Crippen LogP contribution in [0, 0.1) is 11.3 Å². The first-order valence-corrected chi connectivity index (χ1v) is 10.6.